The van der Waals surface area contributed by atoms with Crippen molar-refractivity contribution >= 4 is 63.4 Å². The van der Waals surface area contributed by atoms with Crippen molar-refractivity contribution in [3.63, 3.8) is 0 Å². The molecular formula is C19H31BrN8O10. The van der Waals surface area contributed by atoms with Gasteiger partial charge >= 0.3 is 11.9 Å². The van der Waals surface area contributed by atoms with Gasteiger partial charge in [0, 0.05) is 6.54 Å². The third kappa shape index (κ3) is 15.2. The van der Waals surface area contributed by atoms with Crippen LogP contribution in [0.5, 0.6) is 0 Å². The summed E-state index contributed by atoms with van der Waals surface area (Å²) in [6.45, 7) is -1.98. The van der Waals surface area contributed by atoms with Crippen molar-refractivity contribution in [2.24, 2.45) is 5.73 Å². The minimum Gasteiger partial charge on any atom is -0.481 e. The second-order valence-electron chi connectivity index (χ2n) is 7.53. The van der Waals surface area contributed by atoms with Gasteiger partial charge in [-0.15, -0.1) is 0 Å². The van der Waals surface area contributed by atoms with Crippen LogP contribution in [-0.4, -0.2) is 112 Å². The molecule has 0 aromatic carbocycles. The number of carboxylic acids is 2. The monoisotopic (exact) mass is 610 g/mol. The fourth-order valence-electron chi connectivity index (χ4n) is 2.65. The SMILES string of the molecule is N=C(N)NCCC[C@H](NC(=O)CNC(=O)CBr)C(=O)NCC(=O)N[C@@H](CC(=O)O)C(=O)N[C@@H](CO)C(=O)O. The largest absolute Gasteiger partial charge is 0.481 e. The average molecular weight is 611 g/mol. The molecule has 0 saturated carbocycles. The molecule has 0 aromatic heterocycles. The Morgan fingerprint density at radius 1 is 0.789 bits per heavy atom. The van der Waals surface area contributed by atoms with Crippen molar-refractivity contribution in [3.8, 4) is 0 Å². The van der Waals surface area contributed by atoms with E-state index in [0.717, 1.165) is 0 Å². The molecule has 18 nitrogen and oxygen atoms in total. The van der Waals surface area contributed by atoms with Crippen molar-refractivity contribution in [3.05, 3.63) is 0 Å². The number of aliphatic hydroxyl groups excluding tert-OH is 1. The number of carbonyl (C=O) groups excluding carboxylic acids is 5. The van der Waals surface area contributed by atoms with E-state index in [1.807, 2.05) is 10.6 Å². The molecule has 0 radical (unpaired) electrons. The second kappa shape index (κ2) is 18.3. The number of guanidine groups is 1. The van der Waals surface area contributed by atoms with Gasteiger partial charge in [-0.1, -0.05) is 15.9 Å². The second-order valence-corrected chi connectivity index (χ2v) is 8.09. The van der Waals surface area contributed by atoms with Gasteiger partial charge in [-0.3, -0.25) is 34.2 Å². The molecule has 214 valence electrons. The van der Waals surface area contributed by atoms with Crippen molar-refractivity contribution < 1.29 is 48.9 Å². The maximum Gasteiger partial charge on any atom is 0.328 e. The fraction of sp³-hybridized carbons (Fsp3) is 0.579. The molecule has 0 unspecified atom stereocenters. The van der Waals surface area contributed by atoms with Gasteiger partial charge in [0.2, 0.25) is 29.5 Å². The number of halogens is 1. The van der Waals surface area contributed by atoms with E-state index in [4.69, 9.17) is 26.5 Å². The minimum absolute atomic E-state index is 0.0354. The van der Waals surface area contributed by atoms with E-state index in [-0.39, 0.29) is 30.7 Å². The topological polar surface area (TPSA) is 302 Å². The van der Waals surface area contributed by atoms with Crippen LogP contribution in [0, 0.1) is 5.41 Å². The lowest BCUT2D eigenvalue weighted by Gasteiger charge is -2.21. The first-order valence-electron chi connectivity index (χ1n) is 10.9. The fourth-order valence-corrected chi connectivity index (χ4v) is 2.85. The molecule has 5 amide bonds. The maximum atomic E-state index is 12.6. The van der Waals surface area contributed by atoms with E-state index in [1.54, 1.807) is 0 Å². The van der Waals surface area contributed by atoms with Crippen LogP contribution < -0.4 is 37.6 Å². The summed E-state index contributed by atoms with van der Waals surface area (Å²) >= 11 is 2.91. The van der Waals surface area contributed by atoms with Crippen molar-refractivity contribution in [1.29, 1.82) is 5.41 Å². The molecule has 0 aliphatic rings. The smallest absolute Gasteiger partial charge is 0.328 e. The molecular weight excluding hydrogens is 580 g/mol. The molecule has 0 saturated heterocycles. The van der Waals surface area contributed by atoms with Gasteiger partial charge in [0.05, 0.1) is 31.4 Å². The van der Waals surface area contributed by atoms with Gasteiger partial charge in [-0.25, -0.2) is 4.79 Å². The molecule has 3 atom stereocenters. The Bertz CT molecular complexity index is 903. The minimum atomic E-state index is -1.74. The van der Waals surface area contributed by atoms with Crippen molar-refractivity contribution in [1.82, 2.24) is 31.9 Å². The molecule has 0 bridgehead atoms. The summed E-state index contributed by atoms with van der Waals surface area (Å²) in [6, 6.07) is -4.64. The zero-order valence-electron chi connectivity index (χ0n) is 20.0. The summed E-state index contributed by atoms with van der Waals surface area (Å²) in [5.74, 6) is -7.61. The Labute approximate surface area is 224 Å². The Morgan fingerprint density at radius 3 is 1.87 bits per heavy atom. The Balaban J connectivity index is 5.16. The first kappa shape index (κ1) is 34.0. The van der Waals surface area contributed by atoms with Crippen LogP contribution in [0.3, 0.4) is 0 Å². The van der Waals surface area contributed by atoms with Gasteiger partial charge in [-0.2, -0.15) is 0 Å². The molecule has 0 heterocycles. The van der Waals surface area contributed by atoms with E-state index in [2.05, 4.69) is 37.2 Å². The summed E-state index contributed by atoms with van der Waals surface area (Å²) < 4.78 is 0. The Kier molecular flexibility index (Phi) is 16.4. The molecule has 38 heavy (non-hydrogen) atoms. The van der Waals surface area contributed by atoms with Crippen LogP contribution in [0.1, 0.15) is 19.3 Å². The standard InChI is InChI=1S/C19H31BrN8O10/c20-5-12(30)24-6-13(31)26-9(2-1-3-23-19(21)22)16(35)25-7-14(32)27-10(4-15(33)34)17(36)28-11(8-29)18(37)38/h9-11,29H,1-8H2,(H,24,30)(H,25,35)(H,26,31)(H,27,32)(H,28,36)(H,33,34)(H,37,38)(H4,21,22,23)/t9-,10-,11-/m0/s1. The Morgan fingerprint density at radius 2 is 1.37 bits per heavy atom. The van der Waals surface area contributed by atoms with E-state index in [9.17, 15) is 33.6 Å². The maximum absolute atomic E-state index is 12.6. The van der Waals surface area contributed by atoms with Crippen LogP contribution in [-0.2, 0) is 33.6 Å². The van der Waals surface area contributed by atoms with Crippen molar-refractivity contribution in [2.75, 3.05) is 31.6 Å². The number of hydrogen-bond donors (Lipinski definition) is 11. The number of rotatable bonds is 18. The number of aliphatic carboxylic acids is 2. The highest BCUT2D eigenvalue weighted by molar-refractivity contribution is 9.09. The number of carboxylic acid groups (broad SMARTS) is 2. The predicted molar refractivity (Wildman–Crippen MR) is 132 cm³/mol. The number of alkyl halides is 1. The van der Waals surface area contributed by atoms with E-state index >= 15 is 0 Å². The molecule has 0 aromatic rings. The zero-order chi connectivity index (χ0) is 29.3. The summed E-state index contributed by atoms with van der Waals surface area (Å²) in [6.07, 6.45) is -0.632. The average Bonchev–Trinajstić information content (AvgIpc) is 2.84. The van der Waals surface area contributed by atoms with Gasteiger partial charge in [0.15, 0.2) is 5.96 Å². The molecule has 0 spiro atoms. The number of nitrogens with one attached hydrogen (secondary N) is 7. The van der Waals surface area contributed by atoms with Crippen molar-refractivity contribution in [2.45, 2.75) is 37.4 Å². The van der Waals surface area contributed by atoms with Crippen LogP contribution in [0.25, 0.3) is 0 Å². The number of nitrogens with two attached hydrogens (primary N) is 1. The Hall–Kier alpha value is -4.00. The quantitative estimate of drug-likeness (QED) is 0.0300. The molecule has 19 heteroatoms. The highest BCUT2D eigenvalue weighted by Gasteiger charge is 2.28. The molecule has 0 aliphatic heterocycles. The lowest BCUT2D eigenvalue weighted by Crippen LogP contribution is -2.55. The van der Waals surface area contributed by atoms with Crippen LogP contribution in [0.15, 0.2) is 0 Å². The van der Waals surface area contributed by atoms with E-state index in [1.165, 1.54) is 0 Å². The summed E-state index contributed by atoms with van der Waals surface area (Å²) in [5, 5.41) is 47.3. The highest BCUT2D eigenvalue weighted by atomic mass is 79.9. The summed E-state index contributed by atoms with van der Waals surface area (Å²) in [5.41, 5.74) is 5.18. The number of amides is 5. The third-order valence-electron chi connectivity index (χ3n) is 4.46. The zero-order valence-corrected chi connectivity index (χ0v) is 21.6. The highest BCUT2D eigenvalue weighted by Crippen LogP contribution is 1.99. The van der Waals surface area contributed by atoms with Gasteiger partial charge < -0.3 is 53.0 Å². The van der Waals surface area contributed by atoms with Gasteiger partial charge in [0.25, 0.3) is 0 Å². The lowest BCUT2D eigenvalue weighted by molar-refractivity contribution is -0.144. The van der Waals surface area contributed by atoms with E-state index < -0.39 is 85.7 Å². The number of carbonyl (C=O) groups is 7. The van der Waals surface area contributed by atoms with Gasteiger partial charge in [-0.05, 0) is 12.8 Å². The lowest BCUT2D eigenvalue weighted by atomic mass is 10.1. The van der Waals surface area contributed by atoms with Crippen LogP contribution >= 0.6 is 15.9 Å². The summed E-state index contributed by atoms with van der Waals surface area (Å²) in [4.78, 5) is 82.5. The number of aliphatic hydroxyl groups is 1. The van der Waals surface area contributed by atoms with Crippen LogP contribution in [0.4, 0.5) is 0 Å². The normalized spacial score (nSPS) is 12.6. The van der Waals surface area contributed by atoms with Gasteiger partial charge in [0.1, 0.15) is 18.1 Å². The molecule has 0 rings (SSSR count). The summed E-state index contributed by atoms with van der Waals surface area (Å²) in [7, 11) is 0. The molecule has 12 N–H and O–H groups in total. The van der Waals surface area contributed by atoms with Crippen LogP contribution in [0.2, 0.25) is 0 Å². The molecule has 0 aliphatic carbocycles. The third-order valence-corrected chi connectivity index (χ3v) is 4.96. The van der Waals surface area contributed by atoms with E-state index in [0.29, 0.717) is 0 Å². The first-order chi connectivity index (χ1) is 17.8. The number of hydrogen-bond acceptors (Lipinski definition) is 9. The molecule has 0 fully saturated rings. The first-order valence-corrected chi connectivity index (χ1v) is 12.1. The predicted octanol–water partition coefficient (Wildman–Crippen LogP) is -5.12.